The van der Waals surface area contributed by atoms with Gasteiger partial charge in [0, 0.05) is 30.1 Å². The van der Waals surface area contributed by atoms with Crippen molar-refractivity contribution in [3.05, 3.63) is 0 Å². The van der Waals surface area contributed by atoms with Crippen LogP contribution in [-0.2, 0) is 14.3 Å². The number of hydrogen-bond donors (Lipinski definition) is 0. The Bertz CT molecular complexity index is 724. The van der Waals surface area contributed by atoms with Crippen molar-refractivity contribution < 1.29 is 14.3 Å². The maximum Gasteiger partial charge on any atom is 0.171 e. The van der Waals surface area contributed by atoms with E-state index in [2.05, 4.69) is 27.7 Å². The summed E-state index contributed by atoms with van der Waals surface area (Å²) < 4.78 is 13.2. The third-order valence-corrected chi connectivity index (χ3v) is 11.7. The summed E-state index contributed by atoms with van der Waals surface area (Å²) in [4.78, 5) is 14.0. The van der Waals surface area contributed by atoms with Crippen molar-refractivity contribution in [1.82, 2.24) is 0 Å². The van der Waals surface area contributed by atoms with Crippen LogP contribution in [0, 0.1) is 52.3 Å². The van der Waals surface area contributed by atoms with E-state index in [0.717, 1.165) is 37.7 Å². The normalized spacial score (nSPS) is 60.1. The quantitative estimate of drug-likeness (QED) is 0.487. The lowest BCUT2D eigenvalue weighted by molar-refractivity contribution is -0.272. The molecule has 11 atom stereocenters. The van der Waals surface area contributed by atoms with Crippen molar-refractivity contribution in [3.8, 4) is 0 Å². The molecule has 3 nitrogen and oxygen atoms in total. The van der Waals surface area contributed by atoms with Gasteiger partial charge in [0.25, 0.3) is 0 Å². The van der Waals surface area contributed by atoms with Gasteiger partial charge in [-0.3, -0.25) is 4.79 Å². The zero-order valence-corrected chi connectivity index (χ0v) is 19.6. The van der Waals surface area contributed by atoms with Gasteiger partial charge in [-0.25, -0.2) is 0 Å². The minimum atomic E-state index is -0.417. The second-order valence-corrected chi connectivity index (χ2v) is 12.8. The number of fused-ring (bicyclic) bond motifs is 7. The fourth-order valence-corrected chi connectivity index (χ4v) is 9.99. The molecule has 6 aliphatic rings. The summed E-state index contributed by atoms with van der Waals surface area (Å²) >= 11 is 0. The first-order valence-corrected chi connectivity index (χ1v) is 13.1. The Kier molecular flexibility index (Phi) is 4.42. The molecule has 0 bridgehead atoms. The Morgan fingerprint density at radius 3 is 2.57 bits per heavy atom. The van der Waals surface area contributed by atoms with E-state index in [-0.39, 0.29) is 11.5 Å². The third kappa shape index (κ3) is 2.43. The van der Waals surface area contributed by atoms with E-state index in [0.29, 0.717) is 40.8 Å². The van der Waals surface area contributed by atoms with Crippen LogP contribution in [0.15, 0.2) is 0 Å². The highest BCUT2D eigenvalue weighted by molar-refractivity contribution is 5.87. The van der Waals surface area contributed by atoms with E-state index in [4.69, 9.17) is 9.47 Å². The summed E-state index contributed by atoms with van der Waals surface area (Å²) in [5.74, 6) is 4.20. The summed E-state index contributed by atoms with van der Waals surface area (Å²) in [7, 11) is 0. The molecule has 4 saturated carbocycles. The van der Waals surface area contributed by atoms with Crippen LogP contribution in [0.25, 0.3) is 0 Å². The summed E-state index contributed by atoms with van der Waals surface area (Å²) in [6.07, 6.45) is 12.6. The van der Waals surface area contributed by atoms with Gasteiger partial charge < -0.3 is 9.47 Å². The monoisotopic (exact) mass is 414 g/mol. The fraction of sp³-hybridized carbons (Fsp3) is 0.963. The average molecular weight is 415 g/mol. The summed E-state index contributed by atoms with van der Waals surface area (Å²) in [6, 6.07) is 0. The van der Waals surface area contributed by atoms with Crippen LogP contribution < -0.4 is 0 Å². The molecule has 0 unspecified atom stereocenters. The first-order chi connectivity index (χ1) is 14.3. The van der Waals surface area contributed by atoms with Gasteiger partial charge in [0.05, 0.1) is 12.7 Å². The van der Waals surface area contributed by atoms with Crippen LogP contribution in [0.2, 0.25) is 0 Å². The Morgan fingerprint density at radius 2 is 1.80 bits per heavy atom. The molecule has 0 N–H and O–H groups in total. The Labute approximate surface area is 183 Å². The van der Waals surface area contributed by atoms with Crippen LogP contribution in [-0.4, -0.2) is 24.3 Å². The number of carbonyl (C=O) groups is 1. The molecule has 0 aromatic heterocycles. The second-order valence-electron chi connectivity index (χ2n) is 12.8. The lowest BCUT2D eigenvalue weighted by Gasteiger charge is -2.60. The van der Waals surface area contributed by atoms with Gasteiger partial charge in [0.1, 0.15) is 5.78 Å². The zero-order chi connectivity index (χ0) is 20.9. The zero-order valence-electron chi connectivity index (χ0n) is 19.6. The smallest absolute Gasteiger partial charge is 0.171 e. The topological polar surface area (TPSA) is 35.5 Å². The van der Waals surface area contributed by atoms with Gasteiger partial charge in [-0.1, -0.05) is 40.5 Å². The average Bonchev–Trinajstić information content (AvgIpc) is 3.17. The highest BCUT2D eigenvalue weighted by Gasteiger charge is 2.71. The van der Waals surface area contributed by atoms with Gasteiger partial charge in [-0.2, -0.15) is 0 Å². The van der Waals surface area contributed by atoms with Gasteiger partial charge in [0.2, 0.25) is 0 Å². The van der Waals surface area contributed by atoms with Crippen LogP contribution in [0.4, 0.5) is 0 Å². The maximum atomic E-state index is 14.0. The summed E-state index contributed by atoms with van der Waals surface area (Å²) in [5.41, 5.74) is 0.214. The predicted octanol–water partition coefficient (Wildman–Crippen LogP) is 6.00. The second kappa shape index (κ2) is 6.56. The molecule has 0 aromatic rings. The molecule has 3 heteroatoms. The van der Waals surface area contributed by atoms with Gasteiger partial charge in [-0.05, 0) is 73.5 Å². The molecule has 6 fully saturated rings. The SMILES string of the molecule is C[C@@H]1CC[C@@]2(OC1)O[C@H]1C[C@H]3[C@@H]4CC[C@H]5CCCC[C@]5(C)[C@H]4CC(=O)[C@]3(C)[C@H]1[C@@H]2C. The molecule has 168 valence electrons. The molecule has 2 heterocycles. The van der Waals surface area contributed by atoms with Crippen molar-refractivity contribution >= 4 is 5.78 Å². The Hall–Kier alpha value is -0.410. The molecule has 0 amide bonds. The van der Waals surface area contributed by atoms with Crippen LogP contribution in [0.1, 0.15) is 91.9 Å². The van der Waals surface area contributed by atoms with Crippen LogP contribution >= 0.6 is 0 Å². The number of hydrogen-bond acceptors (Lipinski definition) is 3. The fourth-order valence-electron chi connectivity index (χ4n) is 9.99. The van der Waals surface area contributed by atoms with Crippen LogP contribution in [0.3, 0.4) is 0 Å². The first-order valence-electron chi connectivity index (χ1n) is 13.1. The maximum absolute atomic E-state index is 14.0. The van der Waals surface area contributed by atoms with Crippen molar-refractivity contribution in [2.24, 2.45) is 52.3 Å². The molecular weight excluding hydrogens is 372 g/mol. The third-order valence-electron chi connectivity index (χ3n) is 11.7. The number of Topliss-reactive ketones (excluding diaryl/α,β-unsaturated/α-hetero) is 1. The van der Waals surface area contributed by atoms with Gasteiger partial charge in [-0.15, -0.1) is 0 Å². The molecule has 30 heavy (non-hydrogen) atoms. The van der Waals surface area contributed by atoms with Gasteiger partial charge >= 0.3 is 0 Å². The number of ether oxygens (including phenoxy) is 2. The van der Waals surface area contributed by atoms with E-state index in [1.807, 2.05) is 0 Å². The minimum absolute atomic E-state index is 0.195. The van der Waals surface area contributed by atoms with Crippen molar-refractivity contribution in [2.45, 2.75) is 104 Å². The van der Waals surface area contributed by atoms with Crippen molar-refractivity contribution in [3.63, 3.8) is 0 Å². The predicted molar refractivity (Wildman–Crippen MR) is 117 cm³/mol. The van der Waals surface area contributed by atoms with E-state index in [9.17, 15) is 4.79 Å². The number of rotatable bonds is 0. The summed E-state index contributed by atoms with van der Waals surface area (Å²) in [5, 5.41) is 0. The molecule has 6 rings (SSSR count). The highest BCUT2D eigenvalue weighted by Crippen LogP contribution is 2.70. The van der Waals surface area contributed by atoms with Crippen molar-refractivity contribution in [1.29, 1.82) is 0 Å². The lowest BCUT2D eigenvalue weighted by atomic mass is 9.44. The molecule has 1 spiro atoms. The highest BCUT2D eigenvalue weighted by atomic mass is 16.7. The van der Waals surface area contributed by atoms with E-state index in [1.54, 1.807) is 0 Å². The Morgan fingerprint density at radius 1 is 0.967 bits per heavy atom. The molecule has 2 aliphatic heterocycles. The van der Waals surface area contributed by atoms with Crippen LogP contribution in [0.5, 0.6) is 0 Å². The molecular formula is C27H42O3. The van der Waals surface area contributed by atoms with E-state index in [1.165, 1.54) is 44.9 Å². The van der Waals surface area contributed by atoms with Gasteiger partial charge in [0.15, 0.2) is 5.79 Å². The standard InChI is InChI=1S/C27H42O3/c1-16-10-12-27(29-15-16)17(2)24-22(30-27)13-21-19-9-8-18-7-5-6-11-25(18,3)20(19)14-23(28)26(21,24)4/h16-22,24H,5-15H2,1-4H3/t16-,17+,18-,19-,20+,21+,22+,24+,25+,26-,27-/m1/s1. The number of carbonyl (C=O) groups excluding carboxylic acids is 1. The largest absolute Gasteiger partial charge is 0.349 e. The molecule has 4 aliphatic carbocycles. The Balaban J connectivity index is 1.31. The van der Waals surface area contributed by atoms with E-state index >= 15 is 0 Å². The minimum Gasteiger partial charge on any atom is -0.349 e. The number of ketones is 1. The first kappa shape index (κ1) is 20.2. The summed E-state index contributed by atoms with van der Waals surface area (Å²) in [6.45, 7) is 10.3. The molecule has 0 aromatic carbocycles. The molecule has 0 radical (unpaired) electrons. The lowest BCUT2D eigenvalue weighted by Crippen LogP contribution is -2.57. The van der Waals surface area contributed by atoms with Crippen molar-refractivity contribution in [2.75, 3.05) is 6.61 Å². The van der Waals surface area contributed by atoms with E-state index < -0.39 is 5.79 Å². The molecule has 2 saturated heterocycles.